The molecule has 1 heterocycles. The van der Waals surface area contributed by atoms with Crippen molar-refractivity contribution < 1.29 is 4.84 Å². The van der Waals surface area contributed by atoms with Crippen molar-refractivity contribution in [1.82, 2.24) is 0 Å². The monoisotopic (exact) mass is 206 g/mol. The Kier molecular flexibility index (Phi) is 2.93. The van der Waals surface area contributed by atoms with Crippen LogP contribution in [0.2, 0.25) is 0 Å². The summed E-state index contributed by atoms with van der Waals surface area (Å²) in [6.07, 6.45) is 1.20. The first-order valence-corrected chi connectivity index (χ1v) is 5.39. The number of nitrogens with two attached hydrogens (primary N) is 1. The summed E-state index contributed by atoms with van der Waals surface area (Å²) in [5.41, 5.74) is 4.01. The minimum absolute atomic E-state index is 0.185. The molecule has 2 rings (SSSR count). The third kappa shape index (κ3) is 1.98. The molecule has 1 aromatic carbocycles. The predicted octanol–water partition coefficient (Wildman–Crippen LogP) is 1.77. The van der Waals surface area contributed by atoms with Crippen molar-refractivity contribution in [2.45, 2.75) is 26.4 Å². The Morgan fingerprint density at radius 1 is 1.40 bits per heavy atom. The maximum atomic E-state index is 5.22. The van der Waals surface area contributed by atoms with Gasteiger partial charge in [-0.2, -0.15) is 0 Å². The van der Waals surface area contributed by atoms with E-state index < -0.39 is 0 Å². The Hall–Kier alpha value is -1.06. The number of benzene rings is 1. The van der Waals surface area contributed by atoms with Crippen LogP contribution in [0.5, 0.6) is 0 Å². The summed E-state index contributed by atoms with van der Waals surface area (Å²) < 4.78 is 0. The molecule has 0 aromatic heterocycles. The van der Waals surface area contributed by atoms with Crippen LogP contribution in [0.1, 0.15) is 17.5 Å². The Morgan fingerprint density at radius 2 is 2.20 bits per heavy atom. The first kappa shape index (κ1) is 10.5. The highest BCUT2D eigenvalue weighted by Gasteiger charge is 2.23. The van der Waals surface area contributed by atoms with Crippen molar-refractivity contribution in [2.75, 3.05) is 18.0 Å². The lowest BCUT2D eigenvalue weighted by Crippen LogP contribution is -2.25. The van der Waals surface area contributed by atoms with Crippen LogP contribution >= 0.6 is 0 Å². The molecule has 0 bridgehead atoms. The van der Waals surface area contributed by atoms with Crippen molar-refractivity contribution in [3.05, 3.63) is 29.3 Å². The van der Waals surface area contributed by atoms with Gasteiger partial charge in [-0.1, -0.05) is 12.1 Å². The highest BCUT2D eigenvalue weighted by Crippen LogP contribution is 2.26. The first-order valence-electron chi connectivity index (χ1n) is 5.39. The molecule has 3 nitrogen and oxygen atoms in total. The van der Waals surface area contributed by atoms with Crippen molar-refractivity contribution >= 4 is 5.69 Å². The SMILES string of the molecule is Cc1cccc(N2CCC(ON)C2)c1C. The molecule has 0 radical (unpaired) electrons. The van der Waals surface area contributed by atoms with Crippen molar-refractivity contribution in [3.63, 3.8) is 0 Å². The highest BCUT2D eigenvalue weighted by molar-refractivity contribution is 5.56. The lowest BCUT2D eigenvalue weighted by atomic mass is 10.1. The fourth-order valence-electron chi connectivity index (χ4n) is 2.14. The van der Waals surface area contributed by atoms with E-state index in [2.05, 4.69) is 36.9 Å². The zero-order chi connectivity index (χ0) is 10.8. The second-order valence-electron chi connectivity index (χ2n) is 4.21. The molecule has 1 unspecified atom stereocenters. The van der Waals surface area contributed by atoms with Crippen molar-refractivity contribution in [1.29, 1.82) is 0 Å². The summed E-state index contributed by atoms with van der Waals surface area (Å²) in [6, 6.07) is 6.42. The highest BCUT2D eigenvalue weighted by atomic mass is 16.6. The molecule has 1 fully saturated rings. The summed E-state index contributed by atoms with van der Waals surface area (Å²) in [5.74, 6) is 5.22. The van der Waals surface area contributed by atoms with E-state index in [4.69, 9.17) is 10.7 Å². The minimum Gasteiger partial charge on any atom is -0.369 e. The van der Waals surface area contributed by atoms with Gasteiger partial charge < -0.3 is 4.90 Å². The Morgan fingerprint density at radius 3 is 2.87 bits per heavy atom. The summed E-state index contributed by atoms with van der Waals surface area (Å²) in [6.45, 7) is 6.25. The second kappa shape index (κ2) is 4.21. The van der Waals surface area contributed by atoms with Crippen LogP contribution in [0.4, 0.5) is 5.69 Å². The van der Waals surface area contributed by atoms with Crippen LogP contribution in [0.15, 0.2) is 18.2 Å². The van der Waals surface area contributed by atoms with Gasteiger partial charge in [0.15, 0.2) is 0 Å². The molecule has 1 atom stereocenters. The van der Waals surface area contributed by atoms with Gasteiger partial charge in [0.05, 0.1) is 6.10 Å². The molecule has 0 saturated carbocycles. The zero-order valence-corrected chi connectivity index (χ0v) is 9.36. The third-order valence-corrected chi connectivity index (χ3v) is 3.25. The lowest BCUT2D eigenvalue weighted by molar-refractivity contribution is 0.0690. The normalized spacial score (nSPS) is 21.0. The number of hydrogen-bond acceptors (Lipinski definition) is 3. The molecule has 15 heavy (non-hydrogen) atoms. The van der Waals surface area contributed by atoms with Crippen LogP contribution in [0.3, 0.4) is 0 Å². The third-order valence-electron chi connectivity index (χ3n) is 3.25. The van der Waals surface area contributed by atoms with Crippen molar-refractivity contribution in [2.24, 2.45) is 5.90 Å². The smallest absolute Gasteiger partial charge is 0.0978 e. The maximum Gasteiger partial charge on any atom is 0.0978 e. The van der Waals surface area contributed by atoms with E-state index >= 15 is 0 Å². The summed E-state index contributed by atoms with van der Waals surface area (Å²) in [4.78, 5) is 7.24. The van der Waals surface area contributed by atoms with Gasteiger partial charge in [0.2, 0.25) is 0 Å². The molecule has 1 aliphatic heterocycles. The van der Waals surface area contributed by atoms with Crippen LogP contribution in [-0.4, -0.2) is 19.2 Å². The van der Waals surface area contributed by atoms with Gasteiger partial charge in [-0.15, -0.1) is 0 Å². The largest absolute Gasteiger partial charge is 0.369 e. The van der Waals surface area contributed by atoms with Gasteiger partial charge in [0.1, 0.15) is 0 Å². The van der Waals surface area contributed by atoms with Crippen LogP contribution in [0.25, 0.3) is 0 Å². The molecule has 82 valence electrons. The van der Waals surface area contributed by atoms with Gasteiger partial charge in [-0.25, -0.2) is 5.90 Å². The first-order chi connectivity index (χ1) is 7.22. The standard InChI is InChI=1S/C12H18N2O/c1-9-4-3-5-12(10(9)2)14-7-6-11(8-14)15-13/h3-5,11H,6-8,13H2,1-2H3. The zero-order valence-electron chi connectivity index (χ0n) is 9.36. The average Bonchev–Trinajstić information content (AvgIpc) is 2.70. The van der Waals surface area contributed by atoms with E-state index in [0.29, 0.717) is 0 Å². The Labute approximate surface area is 90.8 Å². The number of anilines is 1. The van der Waals surface area contributed by atoms with E-state index in [9.17, 15) is 0 Å². The predicted molar refractivity (Wildman–Crippen MR) is 61.8 cm³/mol. The molecule has 2 N–H and O–H groups in total. The topological polar surface area (TPSA) is 38.5 Å². The molecular weight excluding hydrogens is 188 g/mol. The molecule has 1 aromatic rings. The molecule has 3 heteroatoms. The number of hydrogen-bond donors (Lipinski definition) is 1. The van der Waals surface area contributed by atoms with E-state index in [1.54, 1.807) is 0 Å². The fourth-order valence-corrected chi connectivity index (χ4v) is 2.14. The van der Waals surface area contributed by atoms with Crippen molar-refractivity contribution in [3.8, 4) is 0 Å². The quantitative estimate of drug-likeness (QED) is 0.749. The van der Waals surface area contributed by atoms with E-state index in [0.717, 1.165) is 19.5 Å². The van der Waals surface area contributed by atoms with Gasteiger partial charge in [-0.05, 0) is 37.5 Å². The van der Waals surface area contributed by atoms with Gasteiger partial charge in [0.25, 0.3) is 0 Å². The van der Waals surface area contributed by atoms with Gasteiger partial charge >= 0.3 is 0 Å². The Balaban J connectivity index is 2.20. The maximum absolute atomic E-state index is 5.22. The molecule has 1 saturated heterocycles. The van der Waals surface area contributed by atoms with Gasteiger partial charge in [-0.3, -0.25) is 4.84 Å². The summed E-state index contributed by atoms with van der Waals surface area (Å²) in [5, 5.41) is 0. The van der Waals surface area contributed by atoms with Crippen LogP contribution < -0.4 is 10.8 Å². The number of aryl methyl sites for hydroxylation is 1. The average molecular weight is 206 g/mol. The Bertz CT molecular complexity index is 351. The van der Waals surface area contributed by atoms with E-state index in [1.165, 1.54) is 16.8 Å². The molecule has 1 aliphatic rings. The number of nitrogens with zero attached hydrogens (tertiary/aromatic N) is 1. The van der Waals surface area contributed by atoms with Gasteiger partial charge in [0, 0.05) is 18.8 Å². The summed E-state index contributed by atoms with van der Waals surface area (Å²) >= 11 is 0. The number of rotatable bonds is 2. The van der Waals surface area contributed by atoms with Crippen LogP contribution in [-0.2, 0) is 4.84 Å². The summed E-state index contributed by atoms with van der Waals surface area (Å²) in [7, 11) is 0. The molecule has 0 aliphatic carbocycles. The fraction of sp³-hybridized carbons (Fsp3) is 0.500. The van der Waals surface area contributed by atoms with E-state index in [-0.39, 0.29) is 6.10 Å². The minimum atomic E-state index is 0.185. The lowest BCUT2D eigenvalue weighted by Gasteiger charge is -2.21. The molecule has 0 amide bonds. The molecular formula is C12H18N2O. The van der Waals surface area contributed by atoms with E-state index in [1.807, 2.05) is 0 Å². The van der Waals surface area contributed by atoms with Crippen LogP contribution in [0, 0.1) is 13.8 Å². The second-order valence-corrected chi connectivity index (χ2v) is 4.21. The molecule has 0 spiro atoms.